The first-order valence-electron chi connectivity index (χ1n) is 5.29. The average Bonchev–Trinajstić information content (AvgIpc) is 2.77. The Hall–Kier alpha value is -0.640. The second-order valence-corrected chi connectivity index (χ2v) is 4.83. The molecule has 2 fully saturated rings. The van der Waals surface area contributed by atoms with Gasteiger partial charge in [0.05, 0.1) is 6.10 Å². The Morgan fingerprint density at radius 2 is 2.20 bits per heavy atom. The number of hydrogen-bond acceptors (Lipinski definition) is 3. The van der Waals surface area contributed by atoms with E-state index in [9.17, 15) is 5.11 Å². The fourth-order valence-electron chi connectivity index (χ4n) is 2.80. The Kier molecular flexibility index (Phi) is 2.20. The highest BCUT2D eigenvalue weighted by atomic mass is 35.5. The normalized spacial score (nSPS) is 38.5. The van der Waals surface area contributed by atoms with Gasteiger partial charge in [0.2, 0.25) is 0 Å². The van der Waals surface area contributed by atoms with Gasteiger partial charge in [0, 0.05) is 24.2 Å². The summed E-state index contributed by atoms with van der Waals surface area (Å²) in [7, 11) is 0. The van der Waals surface area contributed by atoms with Gasteiger partial charge in [-0.1, -0.05) is 17.7 Å². The quantitative estimate of drug-likeness (QED) is 0.708. The topological polar surface area (TPSA) is 45.1 Å². The second-order valence-electron chi connectivity index (χ2n) is 4.44. The van der Waals surface area contributed by atoms with Gasteiger partial charge >= 0.3 is 0 Å². The fraction of sp³-hybridized carbons (Fsp3) is 0.545. The Labute approximate surface area is 93.5 Å². The third-order valence-corrected chi connectivity index (χ3v) is 3.78. The number of halogens is 1. The molecule has 4 heteroatoms. The standard InChI is InChI=1S/C11H13ClN2O/c12-11-2-1-6(5-13-11)7-3-9-10(15)4-8(7)14-9/h1-2,5,7-10,14-15H,3-4H2. The maximum absolute atomic E-state index is 9.63. The Bertz CT molecular complexity index is 365. The van der Waals surface area contributed by atoms with Crippen molar-refractivity contribution in [2.24, 2.45) is 0 Å². The highest BCUT2D eigenvalue weighted by molar-refractivity contribution is 6.29. The van der Waals surface area contributed by atoms with E-state index in [-0.39, 0.29) is 12.1 Å². The van der Waals surface area contributed by atoms with Crippen LogP contribution in [0.5, 0.6) is 0 Å². The molecule has 2 aliphatic rings. The highest BCUT2D eigenvalue weighted by Crippen LogP contribution is 2.39. The Balaban J connectivity index is 1.83. The fourth-order valence-corrected chi connectivity index (χ4v) is 2.91. The molecule has 2 aliphatic heterocycles. The van der Waals surface area contributed by atoms with Crippen LogP contribution in [0.1, 0.15) is 24.3 Å². The molecule has 0 amide bonds. The zero-order valence-corrected chi connectivity index (χ0v) is 8.98. The van der Waals surface area contributed by atoms with E-state index >= 15 is 0 Å². The van der Waals surface area contributed by atoms with Gasteiger partial charge in [-0.15, -0.1) is 0 Å². The number of aromatic nitrogens is 1. The number of hydrogen-bond donors (Lipinski definition) is 2. The van der Waals surface area contributed by atoms with E-state index < -0.39 is 0 Å². The van der Waals surface area contributed by atoms with E-state index in [1.54, 1.807) is 0 Å². The third kappa shape index (κ3) is 1.55. The third-order valence-electron chi connectivity index (χ3n) is 3.56. The summed E-state index contributed by atoms with van der Waals surface area (Å²) < 4.78 is 0. The molecule has 0 aromatic carbocycles. The summed E-state index contributed by atoms with van der Waals surface area (Å²) in [6.07, 6.45) is 3.56. The lowest BCUT2D eigenvalue weighted by molar-refractivity contribution is 0.140. The summed E-state index contributed by atoms with van der Waals surface area (Å²) in [6.45, 7) is 0. The molecular formula is C11H13ClN2O. The van der Waals surface area contributed by atoms with E-state index in [0.717, 1.165) is 12.8 Å². The number of fused-ring (bicyclic) bond motifs is 2. The summed E-state index contributed by atoms with van der Waals surface area (Å²) >= 11 is 5.75. The molecule has 4 unspecified atom stereocenters. The minimum absolute atomic E-state index is 0.161. The molecule has 0 aliphatic carbocycles. The van der Waals surface area contributed by atoms with Gasteiger partial charge in [-0.3, -0.25) is 0 Å². The zero-order chi connectivity index (χ0) is 10.4. The molecule has 80 valence electrons. The van der Waals surface area contributed by atoms with Crippen LogP contribution in [-0.2, 0) is 0 Å². The first kappa shape index (κ1) is 9.58. The van der Waals surface area contributed by atoms with Crippen molar-refractivity contribution >= 4 is 11.6 Å². The van der Waals surface area contributed by atoms with Gasteiger partial charge in [-0.05, 0) is 24.5 Å². The van der Waals surface area contributed by atoms with Crippen LogP contribution < -0.4 is 5.32 Å². The van der Waals surface area contributed by atoms with Crippen molar-refractivity contribution in [2.75, 3.05) is 0 Å². The van der Waals surface area contributed by atoms with Crippen molar-refractivity contribution in [3.8, 4) is 0 Å². The molecule has 0 saturated carbocycles. The minimum Gasteiger partial charge on any atom is -0.391 e. The number of pyridine rings is 1. The van der Waals surface area contributed by atoms with Crippen molar-refractivity contribution in [3.05, 3.63) is 29.0 Å². The maximum atomic E-state index is 9.63. The summed E-state index contributed by atoms with van der Waals surface area (Å²) in [6, 6.07) is 4.55. The summed E-state index contributed by atoms with van der Waals surface area (Å²) in [5.41, 5.74) is 1.23. The van der Waals surface area contributed by atoms with Crippen molar-refractivity contribution in [2.45, 2.75) is 36.9 Å². The van der Waals surface area contributed by atoms with E-state index in [2.05, 4.69) is 10.3 Å². The van der Waals surface area contributed by atoms with Gasteiger partial charge in [-0.25, -0.2) is 4.98 Å². The smallest absolute Gasteiger partial charge is 0.129 e. The van der Waals surface area contributed by atoms with Crippen LogP contribution in [0, 0.1) is 0 Å². The predicted octanol–water partition coefficient (Wildman–Crippen LogP) is 1.31. The first-order chi connectivity index (χ1) is 7.24. The second kappa shape index (κ2) is 3.44. The Morgan fingerprint density at radius 1 is 1.33 bits per heavy atom. The SMILES string of the molecule is OC1CC2NC1CC2c1ccc(Cl)nc1. The van der Waals surface area contributed by atoms with Gasteiger partial charge in [0.25, 0.3) is 0 Å². The molecule has 0 spiro atoms. The average molecular weight is 225 g/mol. The molecule has 3 rings (SSSR count). The number of nitrogens with zero attached hydrogens (tertiary/aromatic N) is 1. The zero-order valence-electron chi connectivity index (χ0n) is 8.23. The molecule has 4 atom stereocenters. The molecule has 15 heavy (non-hydrogen) atoms. The van der Waals surface area contributed by atoms with Crippen LogP contribution in [0.2, 0.25) is 5.15 Å². The molecule has 1 aromatic heterocycles. The van der Waals surface area contributed by atoms with Crippen LogP contribution in [0.25, 0.3) is 0 Å². The number of aliphatic hydroxyl groups excluding tert-OH is 1. The lowest BCUT2D eigenvalue weighted by Crippen LogP contribution is -2.26. The lowest BCUT2D eigenvalue weighted by Gasteiger charge is -2.23. The van der Waals surface area contributed by atoms with Gasteiger partial charge in [0.15, 0.2) is 0 Å². The van der Waals surface area contributed by atoms with E-state index in [0.29, 0.717) is 17.1 Å². The molecule has 3 nitrogen and oxygen atoms in total. The maximum Gasteiger partial charge on any atom is 0.129 e. The van der Waals surface area contributed by atoms with E-state index in [1.807, 2.05) is 18.3 Å². The van der Waals surface area contributed by atoms with Gasteiger partial charge in [0.1, 0.15) is 5.15 Å². The summed E-state index contributed by atoms with van der Waals surface area (Å²) in [5, 5.41) is 13.6. The van der Waals surface area contributed by atoms with Crippen molar-refractivity contribution in [3.63, 3.8) is 0 Å². The molecule has 2 bridgehead atoms. The van der Waals surface area contributed by atoms with Crippen LogP contribution in [0.15, 0.2) is 18.3 Å². The molecular weight excluding hydrogens is 212 g/mol. The molecule has 2 saturated heterocycles. The monoisotopic (exact) mass is 224 g/mol. The number of rotatable bonds is 1. The van der Waals surface area contributed by atoms with E-state index in [4.69, 9.17) is 11.6 Å². The van der Waals surface area contributed by atoms with Gasteiger partial charge < -0.3 is 10.4 Å². The summed E-state index contributed by atoms with van der Waals surface area (Å²) in [5.74, 6) is 0.489. The van der Waals surface area contributed by atoms with E-state index in [1.165, 1.54) is 5.56 Å². The van der Waals surface area contributed by atoms with Crippen LogP contribution in [-0.4, -0.2) is 28.3 Å². The Morgan fingerprint density at radius 3 is 2.73 bits per heavy atom. The van der Waals surface area contributed by atoms with Crippen molar-refractivity contribution in [1.82, 2.24) is 10.3 Å². The molecule has 0 radical (unpaired) electrons. The van der Waals surface area contributed by atoms with Crippen molar-refractivity contribution < 1.29 is 5.11 Å². The number of nitrogens with one attached hydrogen (secondary N) is 1. The van der Waals surface area contributed by atoms with Crippen LogP contribution in [0.3, 0.4) is 0 Å². The molecule has 3 heterocycles. The first-order valence-corrected chi connectivity index (χ1v) is 5.67. The predicted molar refractivity (Wildman–Crippen MR) is 57.9 cm³/mol. The molecule has 1 aromatic rings. The number of aliphatic hydroxyl groups is 1. The summed E-state index contributed by atoms with van der Waals surface area (Å²) in [4.78, 5) is 4.10. The minimum atomic E-state index is -0.161. The van der Waals surface area contributed by atoms with Crippen LogP contribution in [0.4, 0.5) is 0 Å². The van der Waals surface area contributed by atoms with Crippen LogP contribution >= 0.6 is 11.6 Å². The highest BCUT2D eigenvalue weighted by Gasteiger charge is 2.45. The molecule has 2 N–H and O–H groups in total. The largest absolute Gasteiger partial charge is 0.391 e. The van der Waals surface area contributed by atoms with Crippen molar-refractivity contribution in [1.29, 1.82) is 0 Å². The van der Waals surface area contributed by atoms with Gasteiger partial charge in [-0.2, -0.15) is 0 Å². The lowest BCUT2D eigenvalue weighted by atomic mass is 9.83.